The second kappa shape index (κ2) is 8.29. The largest absolute Gasteiger partial charge is 0.207 e. The summed E-state index contributed by atoms with van der Waals surface area (Å²) >= 11 is 0. The number of hydrogen-bond donors (Lipinski definition) is 0. The fraction of sp³-hybridized carbons (Fsp3) is 0.455. The molecule has 1 rings (SSSR count). The molecule has 0 aromatic heterocycles. The van der Waals surface area contributed by atoms with Crippen LogP contribution in [0, 0.1) is 24.1 Å². The van der Waals surface area contributed by atoms with Gasteiger partial charge in [-0.2, -0.15) is 0 Å². The third-order valence-corrected chi connectivity index (χ3v) is 4.54. The van der Waals surface area contributed by atoms with Crippen LogP contribution in [0.2, 0.25) is 0 Å². The Labute approximate surface area is 141 Å². The van der Waals surface area contributed by atoms with E-state index in [1.165, 1.54) is 11.6 Å². The quantitative estimate of drug-likeness (QED) is 0.470. The highest BCUT2D eigenvalue weighted by Crippen LogP contribution is 2.34. The summed E-state index contributed by atoms with van der Waals surface area (Å²) in [5.74, 6) is 0.493. The average molecular weight is 314 g/mol. The number of allylic oxidation sites excluding steroid dienone is 4. The summed E-state index contributed by atoms with van der Waals surface area (Å²) in [6, 6.07) is 5.20. The molecule has 0 N–H and O–H groups in total. The monoisotopic (exact) mass is 314 g/mol. The van der Waals surface area contributed by atoms with E-state index < -0.39 is 0 Å². The molecule has 1 heteroatoms. The molecule has 0 heterocycles. The predicted molar refractivity (Wildman–Crippen MR) is 101 cm³/mol. The van der Waals surface area contributed by atoms with Crippen LogP contribution in [0.3, 0.4) is 0 Å². The van der Waals surface area contributed by atoms with E-state index in [-0.39, 0.29) is 11.2 Å². The van der Waals surface area contributed by atoms with E-state index in [9.17, 15) is 4.39 Å². The molecule has 1 aromatic rings. The molecule has 0 aliphatic heterocycles. The highest BCUT2D eigenvalue weighted by atomic mass is 19.1. The minimum atomic E-state index is -0.165. The van der Waals surface area contributed by atoms with Crippen molar-refractivity contribution in [3.63, 3.8) is 0 Å². The highest BCUT2D eigenvalue weighted by Gasteiger charge is 2.21. The van der Waals surface area contributed by atoms with Crippen LogP contribution >= 0.6 is 0 Å². The summed E-state index contributed by atoms with van der Waals surface area (Å²) in [6.45, 7) is 17.0. The van der Waals surface area contributed by atoms with E-state index in [2.05, 4.69) is 47.3 Å². The lowest BCUT2D eigenvalue weighted by Crippen LogP contribution is -2.15. The Morgan fingerprint density at radius 3 is 2.52 bits per heavy atom. The Balaban J connectivity index is 3.22. The summed E-state index contributed by atoms with van der Waals surface area (Å²) in [7, 11) is 0. The van der Waals surface area contributed by atoms with Crippen LogP contribution in [0.5, 0.6) is 0 Å². The van der Waals surface area contributed by atoms with E-state index in [1.54, 1.807) is 6.07 Å². The second-order valence-electron chi connectivity index (χ2n) is 7.19. The van der Waals surface area contributed by atoms with Crippen LogP contribution < -0.4 is 0 Å². The molecule has 126 valence electrons. The van der Waals surface area contributed by atoms with Crippen LogP contribution in [0.15, 0.2) is 48.1 Å². The molecule has 1 unspecified atom stereocenters. The Bertz CT molecular complexity index is 604. The van der Waals surface area contributed by atoms with E-state index in [1.807, 2.05) is 25.1 Å². The van der Waals surface area contributed by atoms with Crippen LogP contribution in [0.25, 0.3) is 6.08 Å². The van der Waals surface area contributed by atoms with Gasteiger partial charge in [0, 0.05) is 0 Å². The van der Waals surface area contributed by atoms with Gasteiger partial charge in [0.05, 0.1) is 0 Å². The lowest BCUT2D eigenvalue weighted by molar-refractivity contribution is 0.321. The van der Waals surface area contributed by atoms with Gasteiger partial charge < -0.3 is 0 Å². The first-order valence-corrected chi connectivity index (χ1v) is 8.51. The molecule has 1 aromatic carbocycles. The molecule has 0 saturated carbocycles. The van der Waals surface area contributed by atoms with Gasteiger partial charge in [-0.3, -0.25) is 0 Å². The third-order valence-electron chi connectivity index (χ3n) is 4.54. The lowest BCUT2D eigenvalue weighted by atomic mass is 9.77. The van der Waals surface area contributed by atoms with Gasteiger partial charge in [-0.05, 0) is 72.4 Å². The molecule has 23 heavy (non-hydrogen) atoms. The maximum Gasteiger partial charge on any atom is 0.126 e. The van der Waals surface area contributed by atoms with Crippen molar-refractivity contribution in [2.75, 3.05) is 0 Å². The normalized spacial score (nSPS) is 15.7. The van der Waals surface area contributed by atoms with E-state index >= 15 is 0 Å². The zero-order valence-electron chi connectivity index (χ0n) is 15.5. The first kappa shape index (κ1) is 19.4. The zero-order valence-corrected chi connectivity index (χ0v) is 15.5. The van der Waals surface area contributed by atoms with Crippen LogP contribution in [-0.4, -0.2) is 0 Å². The van der Waals surface area contributed by atoms with Gasteiger partial charge in [-0.25, -0.2) is 4.39 Å². The van der Waals surface area contributed by atoms with Crippen molar-refractivity contribution < 1.29 is 4.39 Å². The van der Waals surface area contributed by atoms with Crippen LogP contribution in [0.4, 0.5) is 4.39 Å². The average Bonchev–Trinajstić information content (AvgIpc) is 2.47. The topological polar surface area (TPSA) is 0 Å². The van der Waals surface area contributed by atoms with Gasteiger partial charge in [0.2, 0.25) is 0 Å². The number of benzene rings is 1. The van der Waals surface area contributed by atoms with Crippen LogP contribution in [0.1, 0.15) is 58.6 Å². The first-order valence-electron chi connectivity index (χ1n) is 8.51. The second-order valence-corrected chi connectivity index (χ2v) is 7.19. The summed E-state index contributed by atoms with van der Waals surface area (Å²) in [4.78, 5) is 0. The van der Waals surface area contributed by atoms with E-state index in [0.717, 1.165) is 24.0 Å². The van der Waals surface area contributed by atoms with Gasteiger partial charge in [0.1, 0.15) is 5.82 Å². The van der Waals surface area contributed by atoms with E-state index in [4.69, 9.17) is 0 Å². The van der Waals surface area contributed by atoms with Gasteiger partial charge in [-0.15, -0.1) is 0 Å². The molecule has 0 aliphatic rings. The van der Waals surface area contributed by atoms with Gasteiger partial charge in [0.25, 0.3) is 0 Å². The standard InChI is InChI=1S/C22H31F/c1-8-19(13-20-11-10-12-21(23)18(20)6)17(5)15-22(7,9-2)14-16(3)4/h8,10-13,15-16H,1,9,14H2,2-7H3/b17-15+,19-13+. The minimum absolute atomic E-state index is 0.165. The van der Waals surface area contributed by atoms with Gasteiger partial charge in [0.15, 0.2) is 0 Å². The Morgan fingerprint density at radius 2 is 2.00 bits per heavy atom. The minimum Gasteiger partial charge on any atom is -0.207 e. The molecule has 0 bridgehead atoms. The summed E-state index contributed by atoms with van der Waals surface area (Å²) in [6.07, 6.45) is 8.51. The molecule has 0 aliphatic carbocycles. The zero-order chi connectivity index (χ0) is 17.6. The summed E-state index contributed by atoms with van der Waals surface area (Å²) in [5.41, 5.74) is 4.03. The van der Waals surface area contributed by atoms with Gasteiger partial charge >= 0.3 is 0 Å². The van der Waals surface area contributed by atoms with Crippen molar-refractivity contribution in [2.24, 2.45) is 11.3 Å². The van der Waals surface area contributed by atoms with Crippen molar-refractivity contribution in [1.29, 1.82) is 0 Å². The van der Waals surface area contributed by atoms with E-state index in [0.29, 0.717) is 11.5 Å². The SMILES string of the molecule is C=CC(=C\c1cccc(F)c1C)/C(C)=C/C(C)(CC)CC(C)C. The van der Waals surface area contributed by atoms with Crippen molar-refractivity contribution in [3.8, 4) is 0 Å². The molecular formula is C22H31F. The van der Waals surface area contributed by atoms with Crippen molar-refractivity contribution in [2.45, 2.75) is 54.4 Å². The maximum absolute atomic E-state index is 13.7. The number of halogens is 1. The van der Waals surface area contributed by atoms with Crippen LogP contribution in [-0.2, 0) is 0 Å². The lowest BCUT2D eigenvalue weighted by Gasteiger charge is -2.28. The highest BCUT2D eigenvalue weighted by molar-refractivity contribution is 5.64. The smallest absolute Gasteiger partial charge is 0.126 e. The number of hydrogen-bond acceptors (Lipinski definition) is 0. The Kier molecular flexibility index (Phi) is 7.00. The van der Waals surface area contributed by atoms with Crippen molar-refractivity contribution in [1.82, 2.24) is 0 Å². The molecule has 0 fully saturated rings. The molecule has 0 radical (unpaired) electrons. The summed E-state index contributed by atoms with van der Waals surface area (Å²) < 4.78 is 13.7. The first-order chi connectivity index (χ1) is 10.7. The molecule has 0 nitrogen and oxygen atoms in total. The fourth-order valence-corrected chi connectivity index (χ4v) is 3.13. The Hall–Kier alpha value is -1.63. The molecule has 1 atom stereocenters. The number of rotatable bonds is 7. The fourth-order valence-electron chi connectivity index (χ4n) is 3.13. The molecule has 0 amide bonds. The predicted octanol–water partition coefficient (Wildman–Crippen LogP) is 7.11. The maximum atomic E-state index is 13.7. The molecule has 0 spiro atoms. The van der Waals surface area contributed by atoms with Crippen molar-refractivity contribution in [3.05, 3.63) is 65.0 Å². The summed E-state index contributed by atoms with van der Waals surface area (Å²) in [5, 5.41) is 0. The molecular weight excluding hydrogens is 283 g/mol. The Morgan fingerprint density at radius 1 is 1.35 bits per heavy atom. The van der Waals surface area contributed by atoms with Crippen molar-refractivity contribution >= 4 is 6.08 Å². The molecule has 0 saturated heterocycles. The van der Waals surface area contributed by atoms with Gasteiger partial charge in [-0.1, -0.05) is 58.6 Å². The third kappa shape index (κ3) is 5.49.